The molecule has 1 heterocycles. The summed E-state index contributed by atoms with van der Waals surface area (Å²) < 4.78 is 0. The van der Waals surface area contributed by atoms with Crippen molar-refractivity contribution in [3.05, 3.63) is 75.6 Å². The van der Waals surface area contributed by atoms with E-state index < -0.39 is 0 Å². The van der Waals surface area contributed by atoms with Crippen molar-refractivity contribution in [1.82, 2.24) is 4.98 Å². The van der Waals surface area contributed by atoms with E-state index in [9.17, 15) is 14.4 Å². The smallest absolute Gasteiger partial charge is 0.251 e. The van der Waals surface area contributed by atoms with E-state index in [2.05, 4.69) is 10.3 Å². The molecular formula is C23H22N2O3. The number of Topliss-reactive ketones (excluding diaryl/α,β-unsaturated/α-hetero) is 1. The molecule has 5 heteroatoms. The van der Waals surface area contributed by atoms with E-state index in [4.69, 9.17) is 0 Å². The molecule has 28 heavy (non-hydrogen) atoms. The first kappa shape index (κ1) is 18.2. The molecule has 1 aromatic heterocycles. The lowest BCUT2D eigenvalue weighted by atomic mass is 9.90. The summed E-state index contributed by atoms with van der Waals surface area (Å²) in [4.78, 5) is 39.7. The molecule has 1 amide bonds. The second-order valence-corrected chi connectivity index (χ2v) is 7.22. The summed E-state index contributed by atoms with van der Waals surface area (Å²) in [6, 6.07) is 14.6. The fraction of sp³-hybridized carbons (Fsp3) is 0.261. The van der Waals surface area contributed by atoms with Gasteiger partial charge in [-0.15, -0.1) is 0 Å². The third-order valence-electron chi connectivity index (χ3n) is 5.29. The van der Waals surface area contributed by atoms with Crippen LogP contribution in [0.2, 0.25) is 0 Å². The summed E-state index contributed by atoms with van der Waals surface area (Å²) >= 11 is 0. The summed E-state index contributed by atoms with van der Waals surface area (Å²) in [5.74, 6) is -0.269. The number of anilines is 1. The highest BCUT2D eigenvalue weighted by atomic mass is 16.2. The van der Waals surface area contributed by atoms with Crippen LogP contribution in [-0.4, -0.2) is 16.7 Å². The Morgan fingerprint density at radius 2 is 1.68 bits per heavy atom. The van der Waals surface area contributed by atoms with E-state index >= 15 is 0 Å². The average molecular weight is 374 g/mol. The van der Waals surface area contributed by atoms with Crippen LogP contribution in [0.5, 0.6) is 0 Å². The van der Waals surface area contributed by atoms with Crippen molar-refractivity contribution in [2.24, 2.45) is 0 Å². The van der Waals surface area contributed by atoms with Gasteiger partial charge in [0.2, 0.25) is 5.91 Å². The van der Waals surface area contributed by atoms with Gasteiger partial charge in [-0.2, -0.15) is 0 Å². The van der Waals surface area contributed by atoms with Gasteiger partial charge in [0.1, 0.15) is 0 Å². The van der Waals surface area contributed by atoms with Gasteiger partial charge in [-0.05, 0) is 43.4 Å². The van der Waals surface area contributed by atoms with Crippen LogP contribution in [0.15, 0.2) is 53.3 Å². The number of hydrogen-bond acceptors (Lipinski definition) is 3. The number of nitrogens with one attached hydrogen (secondary N) is 2. The highest BCUT2D eigenvalue weighted by Gasteiger charge is 2.17. The van der Waals surface area contributed by atoms with Crippen molar-refractivity contribution >= 4 is 28.3 Å². The Morgan fingerprint density at radius 1 is 0.929 bits per heavy atom. The molecule has 0 unspecified atom stereocenters. The maximum Gasteiger partial charge on any atom is 0.251 e. The van der Waals surface area contributed by atoms with Crippen LogP contribution in [0.4, 0.5) is 5.69 Å². The number of rotatable bonds is 5. The predicted molar refractivity (Wildman–Crippen MR) is 110 cm³/mol. The number of hydrogen-bond donors (Lipinski definition) is 2. The van der Waals surface area contributed by atoms with Crippen molar-refractivity contribution in [3.63, 3.8) is 0 Å². The molecule has 3 aromatic rings. The topological polar surface area (TPSA) is 79.0 Å². The molecule has 1 aliphatic rings. The van der Waals surface area contributed by atoms with E-state index in [1.807, 2.05) is 30.3 Å². The van der Waals surface area contributed by atoms with Gasteiger partial charge in [0.05, 0.1) is 5.52 Å². The molecule has 0 saturated heterocycles. The molecule has 4 rings (SSSR count). The number of carbonyl (C=O) groups is 2. The number of aromatic nitrogens is 1. The number of H-pyrrole nitrogens is 1. The molecule has 0 aliphatic heterocycles. The first-order valence-electron chi connectivity index (χ1n) is 9.68. The predicted octanol–water partition coefficient (Wildman–Crippen LogP) is 4.01. The van der Waals surface area contributed by atoms with Crippen LogP contribution < -0.4 is 10.9 Å². The Kier molecular flexibility index (Phi) is 5.06. The van der Waals surface area contributed by atoms with Gasteiger partial charge in [-0.3, -0.25) is 14.4 Å². The van der Waals surface area contributed by atoms with Crippen LogP contribution in [0, 0.1) is 0 Å². The number of benzene rings is 2. The van der Waals surface area contributed by atoms with E-state index in [0.29, 0.717) is 11.3 Å². The van der Waals surface area contributed by atoms with Gasteiger partial charge in [0, 0.05) is 35.0 Å². The Bertz CT molecular complexity index is 1100. The highest BCUT2D eigenvalue weighted by molar-refractivity contribution is 6.00. The summed E-state index contributed by atoms with van der Waals surface area (Å²) in [7, 11) is 0. The lowest BCUT2D eigenvalue weighted by Gasteiger charge is -2.17. The molecule has 0 atom stereocenters. The third-order valence-corrected chi connectivity index (χ3v) is 5.29. The van der Waals surface area contributed by atoms with Crippen molar-refractivity contribution in [2.75, 3.05) is 5.32 Å². The molecule has 0 bridgehead atoms. The first-order chi connectivity index (χ1) is 13.6. The van der Waals surface area contributed by atoms with E-state index in [1.54, 1.807) is 18.2 Å². The van der Waals surface area contributed by atoms with Crippen molar-refractivity contribution in [2.45, 2.75) is 38.5 Å². The molecule has 0 radical (unpaired) electrons. The fourth-order valence-corrected chi connectivity index (χ4v) is 3.86. The number of amides is 1. The molecule has 5 nitrogen and oxygen atoms in total. The van der Waals surface area contributed by atoms with Crippen LogP contribution in [0.3, 0.4) is 0 Å². The number of ketones is 1. The molecule has 0 spiro atoms. The summed E-state index contributed by atoms with van der Waals surface area (Å²) in [5.41, 5.74) is 3.98. The molecule has 0 saturated carbocycles. The van der Waals surface area contributed by atoms with Gasteiger partial charge in [-0.1, -0.05) is 36.4 Å². The molecule has 142 valence electrons. The van der Waals surface area contributed by atoms with Gasteiger partial charge >= 0.3 is 0 Å². The summed E-state index contributed by atoms with van der Waals surface area (Å²) in [6.45, 7) is 0. The molecule has 1 aliphatic carbocycles. The van der Waals surface area contributed by atoms with Crippen molar-refractivity contribution < 1.29 is 9.59 Å². The zero-order valence-corrected chi connectivity index (χ0v) is 15.6. The Labute approximate surface area is 162 Å². The van der Waals surface area contributed by atoms with Crippen LogP contribution >= 0.6 is 0 Å². The normalized spacial score (nSPS) is 13.1. The van der Waals surface area contributed by atoms with E-state index in [-0.39, 0.29) is 30.1 Å². The largest absolute Gasteiger partial charge is 0.326 e. The number of carbonyl (C=O) groups excluding carboxylic acids is 2. The number of aryl methyl sites for hydroxylation is 1. The van der Waals surface area contributed by atoms with Crippen molar-refractivity contribution in [1.29, 1.82) is 0 Å². The Balaban J connectivity index is 1.47. The monoisotopic (exact) mass is 374 g/mol. The quantitative estimate of drug-likeness (QED) is 0.662. The number of pyridine rings is 1. The second-order valence-electron chi connectivity index (χ2n) is 7.22. The summed E-state index contributed by atoms with van der Waals surface area (Å²) in [5, 5.41) is 3.87. The Hall–Kier alpha value is -3.21. The van der Waals surface area contributed by atoms with E-state index in [1.165, 1.54) is 0 Å². The van der Waals surface area contributed by atoms with Crippen LogP contribution in [0.1, 0.15) is 47.2 Å². The SMILES string of the molecule is O=C(CCC(=O)c1ccccc1)Nc1ccc2c3c(c(=O)[nH]c2c1)CCCC3. The van der Waals surface area contributed by atoms with Gasteiger partial charge in [-0.25, -0.2) is 0 Å². The minimum absolute atomic E-state index is 0.0286. The number of fused-ring (bicyclic) bond motifs is 3. The Morgan fingerprint density at radius 3 is 2.46 bits per heavy atom. The fourth-order valence-electron chi connectivity index (χ4n) is 3.86. The summed E-state index contributed by atoms with van der Waals surface area (Å²) in [6.07, 6.45) is 4.18. The van der Waals surface area contributed by atoms with Crippen molar-refractivity contribution in [3.8, 4) is 0 Å². The zero-order valence-electron chi connectivity index (χ0n) is 15.6. The van der Waals surface area contributed by atoms with Gasteiger partial charge < -0.3 is 10.3 Å². The third kappa shape index (κ3) is 3.74. The lowest BCUT2D eigenvalue weighted by Crippen LogP contribution is -2.19. The maximum atomic E-state index is 12.3. The maximum absolute atomic E-state index is 12.3. The minimum atomic E-state index is -0.219. The molecule has 0 fully saturated rings. The molecule has 2 N–H and O–H groups in total. The van der Waals surface area contributed by atoms with Gasteiger partial charge in [0.25, 0.3) is 5.56 Å². The minimum Gasteiger partial charge on any atom is -0.326 e. The number of aromatic amines is 1. The average Bonchev–Trinajstić information content (AvgIpc) is 2.73. The van der Waals surface area contributed by atoms with E-state index in [0.717, 1.165) is 47.7 Å². The lowest BCUT2D eigenvalue weighted by molar-refractivity contribution is -0.116. The second kappa shape index (κ2) is 7.80. The molecule has 2 aromatic carbocycles. The highest BCUT2D eigenvalue weighted by Crippen LogP contribution is 2.27. The first-order valence-corrected chi connectivity index (χ1v) is 9.68. The van der Waals surface area contributed by atoms with Gasteiger partial charge in [0.15, 0.2) is 5.78 Å². The van der Waals surface area contributed by atoms with Crippen LogP contribution in [-0.2, 0) is 17.6 Å². The van der Waals surface area contributed by atoms with Crippen LogP contribution in [0.25, 0.3) is 10.9 Å². The standard InChI is InChI=1S/C23H22N2O3/c26-21(15-6-2-1-3-7-15)12-13-22(27)24-16-10-11-18-17-8-4-5-9-19(17)23(28)25-20(18)14-16/h1-3,6-7,10-11,14H,4-5,8-9,12-13H2,(H,24,27)(H,25,28). The zero-order chi connectivity index (χ0) is 19.5. The molecular weight excluding hydrogens is 352 g/mol.